The SMILES string of the molecule is Cc1ccc2c(=O)c3c(C)c4[nH]c5ccccc5c(=O)c4cc3n(S(=O)(=O)O)c2c1. The number of aromatic nitrogens is 2. The van der Waals surface area contributed by atoms with Crippen LogP contribution >= 0.6 is 0 Å². The summed E-state index contributed by atoms with van der Waals surface area (Å²) < 4.78 is 35.5. The predicted molar refractivity (Wildman–Crippen MR) is 118 cm³/mol. The van der Waals surface area contributed by atoms with Crippen LogP contribution in [0.15, 0.2) is 58.1 Å². The Morgan fingerprint density at radius 2 is 1.60 bits per heavy atom. The fourth-order valence-corrected chi connectivity index (χ4v) is 4.96. The maximum atomic E-state index is 13.3. The van der Waals surface area contributed by atoms with Gasteiger partial charge in [0.25, 0.3) is 0 Å². The van der Waals surface area contributed by atoms with Gasteiger partial charge in [-0.15, -0.1) is 0 Å². The minimum atomic E-state index is -4.76. The molecule has 0 bridgehead atoms. The van der Waals surface area contributed by atoms with E-state index in [1.54, 1.807) is 50.2 Å². The average molecular weight is 420 g/mol. The van der Waals surface area contributed by atoms with Crippen LogP contribution in [0.1, 0.15) is 11.1 Å². The molecule has 0 aliphatic carbocycles. The maximum Gasteiger partial charge on any atom is 0.364 e. The van der Waals surface area contributed by atoms with E-state index >= 15 is 0 Å². The molecule has 7 nitrogen and oxygen atoms in total. The molecule has 2 aromatic heterocycles. The predicted octanol–water partition coefficient (Wildman–Crippen LogP) is 3.42. The number of pyridine rings is 2. The normalized spacial score (nSPS) is 12.4. The minimum Gasteiger partial charge on any atom is -0.354 e. The van der Waals surface area contributed by atoms with Crippen LogP contribution < -0.4 is 10.9 Å². The Balaban J connectivity index is 2.19. The molecule has 0 atom stereocenters. The van der Waals surface area contributed by atoms with Crippen LogP contribution in [0.25, 0.3) is 43.6 Å². The van der Waals surface area contributed by atoms with E-state index in [1.165, 1.54) is 12.1 Å². The Bertz CT molecular complexity index is 1780. The van der Waals surface area contributed by atoms with E-state index in [9.17, 15) is 22.6 Å². The van der Waals surface area contributed by atoms with Crippen molar-refractivity contribution in [3.63, 3.8) is 0 Å². The summed E-state index contributed by atoms with van der Waals surface area (Å²) in [5, 5.41) is 0.974. The first-order valence-corrected chi connectivity index (χ1v) is 10.6. The van der Waals surface area contributed by atoms with Crippen LogP contribution in [0.5, 0.6) is 0 Å². The number of H-pyrrole nitrogens is 1. The molecule has 0 radical (unpaired) electrons. The van der Waals surface area contributed by atoms with E-state index in [-0.39, 0.29) is 38.0 Å². The summed E-state index contributed by atoms with van der Waals surface area (Å²) in [5.74, 6) is 0. The Labute approximate surface area is 170 Å². The Morgan fingerprint density at radius 3 is 2.33 bits per heavy atom. The number of fused-ring (bicyclic) bond motifs is 4. The first kappa shape index (κ1) is 18.5. The van der Waals surface area contributed by atoms with Crippen LogP contribution in [0.3, 0.4) is 0 Å². The molecular weight excluding hydrogens is 404 g/mol. The van der Waals surface area contributed by atoms with E-state index in [4.69, 9.17) is 0 Å². The molecule has 0 unspecified atom stereocenters. The number of aryl methyl sites for hydroxylation is 2. The van der Waals surface area contributed by atoms with Crippen molar-refractivity contribution >= 4 is 53.9 Å². The summed E-state index contributed by atoms with van der Waals surface area (Å²) >= 11 is 0. The van der Waals surface area contributed by atoms with Gasteiger partial charge in [-0.3, -0.25) is 14.1 Å². The number of aromatic amines is 1. The number of para-hydroxylation sites is 1. The molecule has 0 amide bonds. The molecule has 0 aliphatic heterocycles. The summed E-state index contributed by atoms with van der Waals surface area (Å²) in [7, 11) is -4.76. The van der Waals surface area contributed by atoms with Gasteiger partial charge in [0.05, 0.1) is 21.9 Å². The van der Waals surface area contributed by atoms with Gasteiger partial charge in [-0.2, -0.15) is 8.42 Å². The van der Waals surface area contributed by atoms with Crippen molar-refractivity contribution < 1.29 is 13.0 Å². The topological polar surface area (TPSA) is 109 Å². The summed E-state index contributed by atoms with van der Waals surface area (Å²) in [6.45, 7) is 3.41. The van der Waals surface area contributed by atoms with Crippen molar-refractivity contribution in [2.45, 2.75) is 13.8 Å². The number of hydrogen-bond acceptors (Lipinski definition) is 4. The van der Waals surface area contributed by atoms with Crippen LogP contribution in [-0.2, 0) is 10.3 Å². The first-order valence-electron chi connectivity index (χ1n) is 9.20. The second kappa shape index (κ2) is 6.01. The largest absolute Gasteiger partial charge is 0.364 e. The molecule has 0 aliphatic rings. The van der Waals surface area contributed by atoms with Crippen molar-refractivity contribution in [2.75, 3.05) is 0 Å². The summed E-state index contributed by atoms with van der Waals surface area (Å²) in [6.07, 6.45) is 0. The highest BCUT2D eigenvalue weighted by Gasteiger charge is 2.22. The molecule has 0 spiro atoms. The lowest BCUT2D eigenvalue weighted by molar-refractivity contribution is 0.476. The number of benzene rings is 3. The zero-order valence-corrected chi connectivity index (χ0v) is 16.9. The van der Waals surface area contributed by atoms with Crippen LogP contribution in [0.4, 0.5) is 0 Å². The van der Waals surface area contributed by atoms with Gasteiger partial charge in [-0.1, -0.05) is 18.2 Å². The van der Waals surface area contributed by atoms with E-state index in [0.717, 1.165) is 9.54 Å². The van der Waals surface area contributed by atoms with Crippen molar-refractivity contribution in [3.8, 4) is 0 Å². The van der Waals surface area contributed by atoms with E-state index in [2.05, 4.69) is 4.98 Å². The molecule has 2 heterocycles. The van der Waals surface area contributed by atoms with Gasteiger partial charge in [0.2, 0.25) is 0 Å². The molecule has 5 rings (SSSR count). The number of nitrogens with one attached hydrogen (secondary N) is 1. The minimum absolute atomic E-state index is 0.0358. The van der Waals surface area contributed by atoms with Crippen molar-refractivity contribution in [1.82, 2.24) is 8.96 Å². The van der Waals surface area contributed by atoms with Crippen LogP contribution in [0.2, 0.25) is 0 Å². The molecule has 8 heteroatoms. The standard InChI is InChI=1S/C22H16N2O5S/c1-11-7-8-14-17(9-11)24(30(27,28)29)18-10-15-20(12(2)19(18)22(14)26)23-16-6-4-3-5-13(16)21(15)25/h3-10H,1-2H3,(H,23,25)(H,27,28,29). The Kier molecular flexibility index (Phi) is 3.71. The molecular formula is C22H16N2O5S. The second-order valence-corrected chi connectivity index (χ2v) is 8.67. The van der Waals surface area contributed by atoms with Gasteiger partial charge >= 0.3 is 10.3 Å². The van der Waals surface area contributed by atoms with E-state index in [1.807, 2.05) is 0 Å². The summed E-state index contributed by atoms with van der Waals surface area (Å²) in [4.78, 5) is 29.6. The van der Waals surface area contributed by atoms with Gasteiger partial charge in [0.15, 0.2) is 10.9 Å². The highest BCUT2D eigenvalue weighted by Crippen LogP contribution is 2.29. The third kappa shape index (κ3) is 2.44. The number of hydrogen-bond donors (Lipinski definition) is 2. The molecule has 2 N–H and O–H groups in total. The highest BCUT2D eigenvalue weighted by molar-refractivity contribution is 7.84. The Hall–Kier alpha value is -3.49. The average Bonchev–Trinajstić information content (AvgIpc) is 2.68. The van der Waals surface area contributed by atoms with Gasteiger partial charge in [0.1, 0.15) is 0 Å². The quantitative estimate of drug-likeness (QED) is 0.319. The van der Waals surface area contributed by atoms with Crippen molar-refractivity contribution in [1.29, 1.82) is 0 Å². The highest BCUT2D eigenvalue weighted by atomic mass is 32.2. The van der Waals surface area contributed by atoms with E-state index in [0.29, 0.717) is 22.0 Å². The summed E-state index contributed by atoms with van der Waals surface area (Å²) in [6, 6.07) is 13.1. The molecule has 3 aromatic carbocycles. The summed E-state index contributed by atoms with van der Waals surface area (Å²) in [5.41, 5.74) is 1.60. The van der Waals surface area contributed by atoms with Crippen molar-refractivity contribution in [3.05, 3.63) is 80.1 Å². The monoisotopic (exact) mass is 420 g/mol. The smallest absolute Gasteiger partial charge is 0.354 e. The molecule has 0 fully saturated rings. The van der Waals surface area contributed by atoms with Gasteiger partial charge in [-0.05, 0) is 55.3 Å². The number of rotatable bonds is 1. The third-order valence-electron chi connectivity index (χ3n) is 5.53. The Morgan fingerprint density at radius 1 is 0.867 bits per heavy atom. The number of nitrogens with zero attached hydrogens (tertiary/aromatic N) is 1. The van der Waals surface area contributed by atoms with Gasteiger partial charge in [-0.25, -0.2) is 3.97 Å². The van der Waals surface area contributed by atoms with Gasteiger partial charge in [0, 0.05) is 21.7 Å². The second-order valence-electron chi connectivity index (χ2n) is 7.41. The molecule has 5 aromatic rings. The van der Waals surface area contributed by atoms with E-state index < -0.39 is 10.3 Å². The van der Waals surface area contributed by atoms with Crippen LogP contribution in [-0.4, -0.2) is 21.9 Å². The molecule has 0 saturated carbocycles. The zero-order chi connectivity index (χ0) is 21.4. The third-order valence-corrected chi connectivity index (χ3v) is 6.38. The van der Waals surface area contributed by atoms with Crippen molar-refractivity contribution in [2.24, 2.45) is 0 Å². The fraction of sp³-hybridized carbons (Fsp3) is 0.0909. The lowest BCUT2D eigenvalue weighted by atomic mass is 10.00. The molecule has 30 heavy (non-hydrogen) atoms. The first-order chi connectivity index (χ1) is 14.2. The van der Waals surface area contributed by atoms with Crippen LogP contribution in [0, 0.1) is 13.8 Å². The van der Waals surface area contributed by atoms with Gasteiger partial charge < -0.3 is 4.98 Å². The maximum absolute atomic E-state index is 13.3. The zero-order valence-electron chi connectivity index (χ0n) is 16.1. The molecule has 0 saturated heterocycles. The molecule has 150 valence electrons. The lowest BCUT2D eigenvalue weighted by Gasteiger charge is -2.15. The fourth-order valence-electron chi connectivity index (χ4n) is 4.17. The lowest BCUT2D eigenvalue weighted by Crippen LogP contribution is -2.19.